The minimum absolute atomic E-state index is 0.213. The van der Waals surface area contributed by atoms with Crippen LogP contribution in [0.2, 0.25) is 0 Å². The van der Waals surface area contributed by atoms with Crippen LogP contribution in [-0.4, -0.2) is 43.9 Å². The minimum atomic E-state index is -0.754. The molecule has 24 heavy (non-hydrogen) atoms. The van der Waals surface area contributed by atoms with E-state index in [-0.39, 0.29) is 12.4 Å². The summed E-state index contributed by atoms with van der Waals surface area (Å²) in [5.41, 5.74) is 0.651. The maximum Gasteiger partial charge on any atom is 0.191 e. The van der Waals surface area contributed by atoms with Crippen molar-refractivity contribution in [2.24, 2.45) is 10.9 Å². The normalized spacial score (nSPS) is 13.2. The molecule has 0 fully saturated rings. The second-order valence-corrected chi connectivity index (χ2v) is 6.04. The van der Waals surface area contributed by atoms with Crippen LogP contribution in [-0.2, 0) is 4.74 Å². The maximum atomic E-state index is 12.9. The molecule has 1 aromatic rings. The van der Waals surface area contributed by atoms with E-state index in [0.717, 1.165) is 26.1 Å². The Bertz CT molecular complexity index is 478. The maximum absolute atomic E-state index is 12.9. The Morgan fingerprint density at radius 1 is 1.25 bits per heavy atom. The molecule has 0 radical (unpaired) electrons. The van der Waals surface area contributed by atoms with Crippen molar-refractivity contribution >= 4 is 5.96 Å². The van der Waals surface area contributed by atoms with E-state index < -0.39 is 6.10 Å². The molecule has 0 spiro atoms. The monoisotopic (exact) mass is 339 g/mol. The van der Waals surface area contributed by atoms with Crippen LogP contribution in [0.1, 0.15) is 38.9 Å². The highest BCUT2D eigenvalue weighted by molar-refractivity contribution is 5.79. The van der Waals surface area contributed by atoms with Gasteiger partial charge in [-0.05, 0) is 37.0 Å². The first-order valence-electron chi connectivity index (χ1n) is 8.56. The number of guanidine groups is 1. The molecule has 6 heteroatoms. The van der Waals surface area contributed by atoms with E-state index in [4.69, 9.17) is 4.74 Å². The molecule has 136 valence electrons. The van der Waals surface area contributed by atoms with Gasteiger partial charge in [0, 0.05) is 26.3 Å². The van der Waals surface area contributed by atoms with Gasteiger partial charge < -0.3 is 20.5 Å². The van der Waals surface area contributed by atoms with Crippen LogP contribution in [0.15, 0.2) is 29.3 Å². The Morgan fingerprint density at radius 2 is 1.96 bits per heavy atom. The predicted molar refractivity (Wildman–Crippen MR) is 95.6 cm³/mol. The fourth-order valence-electron chi connectivity index (χ4n) is 2.01. The van der Waals surface area contributed by atoms with Gasteiger partial charge in [0.15, 0.2) is 5.96 Å². The third-order valence-corrected chi connectivity index (χ3v) is 3.23. The van der Waals surface area contributed by atoms with Crippen LogP contribution >= 0.6 is 0 Å². The molecule has 3 N–H and O–H groups in total. The van der Waals surface area contributed by atoms with E-state index in [0.29, 0.717) is 24.0 Å². The number of nitrogens with zero attached hydrogens (tertiary/aromatic N) is 1. The third kappa shape index (κ3) is 8.84. The Labute approximate surface area is 144 Å². The van der Waals surface area contributed by atoms with Crippen molar-refractivity contribution in [3.05, 3.63) is 35.6 Å². The summed E-state index contributed by atoms with van der Waals surface area (Å²) >= 11 is 0. The van der Waals surface area contributed by atoms with Crippen LogP contribution in [0, 0.1) is 11.7 Å². The standard InChI is InChI=1S/C18H30FN3O2/c1-4-20-18(21-10-5-11-24-13-14(2)3)22-12-17(23)15-6-8-16(19)9-7-15/h6-9,14,17,23H,4-5,10-13H2,1-3H3,(H2,20,21,22). The van der Waals surface area contributed by atoms with Crippen LogP contribution in [0.5, 0.6) is 0 Å². The summed E-state index contributed by atoms with van der Waals surface area (Å²) in [6.07, 6.45) is 0.132. The first-order valence-corrected chi connectivity index (χ1v) is 8.56. The number of hydrogen-bond acceptors (Lipinski definition) is 3. The summed E-state index contributed by atoms with van der Waals surface area (Å²) in [6, 6.07) is 5.82. The molecule has 0 saturated carbocycles. The summed E-state index contributed by atoms with van der Waals surface area (Å²) in [7, 11) is 0. The van der Waals surface area contributed by atoms with Crippen molar-refractivity contribution in [1.29, 1.82) is 0 Å². The quantitative estimate of drug-likeness (QED) is 0.348. The highest BCUT2D eigenvalue weighted by atomic mass is 19.1. The number of aliphatic hydroxyl groups excluding tert-OH is 1. The summed E-state index contributed by atoms with van der Waals surface area (Å²) in [4.78, 5) is 4.37. The molecule has 0 saturated heterocycles. The fourth-order valence-corrected chi connectivity index (χ4v) is 2.01. The summed E-state index contributed by atoms with van der Waals surface area (Å²) in [5.74, 6) is 0.886. The van der Waals surface area contributed by atoms with Gasteiger partial charge in [0.2, 0.25) is 0 Å². The van der Waals surface area contributed by atoms with E-state index in [9.17, 15) is 9.50 Å². The molecule has 0 aliphatic heterocycles. The average molecular weight is 339 g/mol. The molecule has 0 heterocycles. The smallest absolute Gasteiger partial charge is 0.191 e. The molecular formula is C18H30FN3O2. The molecule has 1 aromatic carbocycles. The molecule has 0 aliphatic rings. The molecule has 0 bridgehead atoms. The van der Waals surface area contributed by atoms with E-state index >= 15 is 0 Å². The Morgan fingerprint density at radius 3 is 2.58 bits per heavy atom. The van der Waals surface area contributed by atoms with Gasteiger partial charge in [0.25, 0.3) is 0 Å². The number of rotatable bonds is 10. The van der Waals surface area contributed by atoms with Crippen LogP contribution < -0.4 is 10.6 Å². The highest BCUT2D eigenvalue weighted by Gasteiger charge is 2.07. The largest absolute Gasteiger partial charge is 0.386 e. The number of benzene rings is 1. The van der Waals surface area contributed by atoms with Crippen molar-refractivity contribution < 1.29 is 14.2 Å². The number of halogens is 1. The van der Waals surface area contributed by atoms with Crippen LogP contribution in [0.4, 0.5) is 4.39 Å². The van der Waals surface area contributed by atoms with Crippen molar-refractivity contribution in [1.82, 2.24) is 10.6 Å². The van der Waals surface area contributed by atoms with Gasteiger partial charge in [0.1, 0.15) is 5.82 Å². The Hall–Kier alpha value is -1.66. The number of ether oxygens (including phenoxy) is 1. The zero-order chi connectivity index (χ0) is 17.8. The second-order valence-electron chi connectivity index (χ2n) is 6.04. The van der Waals surface area contributed by atoms with Gasteiger partial charge >= 0.3 is 0 Å². The van der Waals surface area contributed by atoms with E-state index in [1.54, 1.807) is 12.1 Å². The molecule has 5 nitrogen and oxygen atoms in total. The van der Waals surface area contributed by atoms with Gasteiger partial charge in [0.05, 0.1) is 12.6 Å². The lowest BCUT2D eigenvalue weighted by Gasteiger charge is -2.13. The minimum Gasteiger partial charge on any atom is -0.386 e. The number of aliphatic hydroxyl groups is 1. The van der Waals surface area contributed by atoms with Gasteiger partial charge in [-0.25, -0.2) is 4.39 Å². The number of hydrogen-bond donors (Lipinski definition) is 3. The van der Waals surface area contributed by atoms with Gasteiger partial charge in [-0.1, -0.05) is 26.0 Å². The SMILES string of the molecule is CCNC(=NCC(O)c1ccc(F)cc1)NCCCOCC(C)C. The second kappa shape index (κ2) is 11.8. The van der Waals surface area contributed by atoms with Gasteiger partial charge in [-0.15, -0.1) is 0 Å². The van der Waals surface area contributed by atoms with Crippen molar-refractivity contribution in [3.8, 4) is 0 Å². The van der Waals surface area contributed by atoms with Gasteiger partial charge in [-0.2, -0.15) is 0 Å². The van der Waals surface area contributed by atoms with E-state index in [2.05, 4.69) is 29.5 Å². The van der Waals surface area contributed by atoms with Gasteiger partial charge in [-0.3, -0.25) is 4.99 Å². The Kier molecular flexibility index (Phi) is 10.0. The first kappa shape index (κ1) is 20.4. The Balaban J connectivity index is 2.37. The summed E-state index contributed by atoms with van der Waals surface area (Å²) in [6.45, 7) is 9.42. The van der Waals surface area contributed by atoms with E-state index in [1.807, 2.05) is 6.92 Å². The molecule has 0 aromatic heterocycles. The predicted octanol–water partition coefficient (Wildman–Crippen LogP) is 2.48. The lowest BCUT2D eigenvalue weighted by Crippen LogP contribution is -2.38. The zero-order valence-electron chi connectivity index (χ0n) is 14.9. The van der Waals surface area contributed by atoms with Crippen LogP contribution in [0.25, 0.3) is 0 Å². The number of aliphatic imine (C=N–C) groups is 1. The van der Waals surface area contributed by atoms with Crippen molar-refractivity contribution in [2.45, 2.75) is 33.3 Å². The third-order valence-electron chi connectivity index (χ3n) is 3.23. The molecular weight excluding hydrogens is 309 g/mol. The number of nitrogens with one attached hydrogen (secondary N) is 2. The first-order chi connectivity index (χ1) is 11.5. The van der Waals surface area contributed by atoms with Crippen LogP contribution in [0.3, 0.4) is 0 Å². The van der Waals surface area contributed by atoms with E-state index in [1.165, 1.54) is 12.1 Å². The molecule has 0 aliphatic carbocycles. The molecule has 0 amide bonds. The average Bonchev–Trinajstić information content (AvgIpc) is 2.55. The molecule has 1 unspecified atom stereocenters. The topological polar surface area (TPSA) is 65.9 Å². The fraction of sp³-hybridized carbons (Fsp3) is 0.611. The zero-order valence-corrected chi connectivity index (χ0v) is 14.9. The molecule has 1 rings (SSSR count). The highest BCUT2D eigenvalue weighted by Crippen LogP contribution is 2.13. The van der Waals surface area contributed by atoms with Crippen molar-refractivity contribution in [2.75, 3.05) is 32.8 Å². The molecule has 1 atom stereocenters. The summed E-state index contributed by atoms with van der Waals surface area (Å²) in [5, 5.41) is 16.5. The van der Waals surface area contributed by atoms with Crippen molar-refractivity contribution in [3.63, 3.8) is 0 Å². The lowest BCUT2D eigenvalue weighted by molar-refractivity contribution is 0.108. The lowest BCUT2D eigenvalue weighted by atomic mass is 10.1. The summed E-state index contributed by atoms with van der Waals surface area (Å²) < 4.78 is 18.4.